The van der Waals surface area contributed by atoms with Gasteiger partial charge >= 0.3 is 0 Å². The Bertz CT molecular complexity index is 346. The molecule has 0 spiro atoms. The summed E-state index contributed by atoms with van der Waals surface area (Å²) in [7, 11) is 0. The summed E-state index contributed by atoms with van der Waals surface area (Å²) in [5.41, 5.74) is 7.77. The van der Waals surface area contributed by atoms with Crippen molar-refractivity contribution >= 4 is 17.3 Å². The molecule has 0 aliphatic carbocycles. The van der Waals surface area contributed by atoms with Crippen LogP contribution in [-0.2, 0) is 0 Å². The van der Waals surface area contributed by atoms with Gasteiger partial charge in [0.05, 0.1) is 18.1 Å². The number of aliphatic imine (C=N–C) groups is 1. The second-order valence-corrected chi connectivity index (χ2v) is 4.70. The Morgan fingerprint density at radius 3 is 3.13 bits per heavy atom. The van der Waals surface area contributed by atoms with E-state index in [9.17, 15) is 0 Å². The molecule has 0 amide bonds. The van der Waals surface area contributed by atoms with E-state index in [-0.39, 0.29) is 0 Å². The SMILES string of the molecule is CCC(C)N1C(N)=NCC1c1cncs1. The van der Waals surface area contributed by atoms with Gasteiger partial charge in [-0.25, -0.2) is 0 Å². The highest BCUT2D eigenvalue weighted by atomic mass is 32.1. The number of thiazole rings is 1. The maximum Gasteiger partial charge on any atom is 0.192 e. The van der Waals surface area contributed by atoms with Crippen LogP contribution in [0.15, 0.2) is 16.7 Å². The van der Waals surface area contributed by atoms with E-state index in [0.29, 0.717) is 18.0 Å². The predicted molar refractivity (Wildman–Crippen MR) is 62.9 cm³/mol. The van der Waals surface area contributed by atoms with Crippen molar-refractivity contribution in [3.8, 4) is 0 Å². The topological polar surface area (TPSA) is 54.5 Å². The standard InChI is InChI=1S/C10H16N4S/c1-3-7(2)14-8(4-13-10(14)11)9-5-12-6-15-9/h5-8H,3-4H2,1-2H3,(H2,11,13). The maximum absolute atomic E-state index is 5.91. The van der Waals surface area contributed by atoms with Crippen molar-refractivity contribution in [3.63, 3.8) is 0 Å². The molecule has 0 aromatic carbocycles. The molecule has 0 saturated carbocycles. The van der Waals surface area contributed by atoms with Crippen molar-refractivity contribution in [2.75, 3.05) is 6.54 Å². The van der Waals surface area contributed by atoms with Crippen LogP contribution in [-0.4, -0.2) is 28.4 Å². The van der Waals surface area contributed by atoms with Crippen LogP contribution >= 0.6 is 11.3 Å². The molecule has 2 atom stereocenters. The van der Waals surface area contributed by atoms with Crippen LogP contribution in [0.5, 0.6) is 0 Å². The van der Waals surface area contributed by atoms with Crippen LogP contribution in [0.4, 0.5) is 0 Å². The first-order valence-corrected chi connectivity index (χ1v) is 6.08. The lowest BCUT2D eigenvalue weighted by Crippen LogP contribution is -2.41. The summed E-state index contributed by atoms with van der Waals surface area (Å²) in [6.45, 7) is 5.11. The lowest BCUT2D eigenvalue weighted by molar-refractivity contribution is 0.271. The molecule has 4 nitrogen and oxygen atoms in total. The molecule has 82 valence electrons. The average molecular weight is 224 g/mol. The number of hydrogen-bond donors (Lipinski definition) is 1. The van der Waals surface area contributed by atoms with E-state index in [1.807, 2.05) is 11.7 Å². The fraction of sp³-hybridized carbons (Fsp3) is 0.600. The normalized spacial score (nSPS) is 22.9. The molecule has 2 N–H and O–H groups in total. The van der Waals surface area contributed by atoms with Crippen molar-refractivity contribution in [3.05, 3.63) is 16.6 Å². The molecular weight excluding hydrogens is 208 g/mol. The van der Waals surface area contributed by atoms with E-state index in [1.54, 1.807) is 11.3 Å². The van der Waals surface area contributed by atoms with Gasteiger partial charge in [0.2, 0.25) is 0 Å². The van der Waals surface area contributed by atoms with E-state index < -0.39 is 0 Å². The first-order chi connectivity index (χ1) is 7.24. The summed E-state index contributed by atoms with van der Waals surface area (Å²) >= 11 is 1.67. The van der Waals surface area contributed by atoms with Gasteiger partial charge in [-0.3, -0.25) is 9.98 Å². The minimum absolute atomic E-state index is 0.299. The predicted octanol–water partition coefficient (Wildman–Crippen LogP) is 1.61. The molecule has 2 rings (SSSR count). The first-order valence-electron chi connectivity index (χ1n) is 5.20. The van der Waals surface area contributed by atoms with Crippen molar-refractivity contribution in [2.45, 2.75) is 32.4 Å². The number of guanidine groups is 1. The van der Waals surface area contributed by atoms with Crippen LogP contribution < -0.4 is 5.73 Å². The highest BCUT2D eigenvalue weighted by Crippen LogP contribution is 2.30. The third-order valence-electron chi connectivity index (χ3n) is 2.87. The quantitative estimate of drug-likeness (QED) is 0.848. The second kappa shape index (κ2) is 4.18. The zero-order valence-corrected chi connectivity index (χ0v) is 9.87. The lowest BCUT2D eigenvalue weighted by Gasteiger charge is -2.30. The largest absolute Gasteiger partial charge is 0.370 e. The number of aromatic nitrogens is 1. The summed E-state index contributed by atoms with van der Waals surface area (Å²) in [5, 5.41) is 0. The van der Waals surface area contributed by atoms with Gasteiger partial charge in [-0.2, -0.15) is 0 Å². The van der Waals surface area contributed by atoms with Gasteiger partial charge in [0.25, 0.3) is 0 Å². The molecule has 1 aliphatic heterocycles. The van der Waals surface area contributed by atoms with Crippen LogP contribution in [0.1, 0.15) is 31.2 Å². The fourth-order valence-electron chi connectivity index (χ4n) is 1.86. The van der Waals surface area contributed by atoms with Crippen molar-refractivity contribution in [2.24, 2.45) is 10.7 Å². The summed E-state index contributed by atoms with van der Waals surface area (Å²) in [6.07, 6.45) is 2.99. The van der Waals surface area contributed by atoms with E-state index in [0.717, 1.165) is 13.0 Å². The summed E-state index contributed by atoms with van der Waals surface area (Å²) in [6, 6.07) is 0.732. The molecule has 0 radical (unpaired) electrons. The Hall–Kier alpha value is -1.10. The monoisotopic (exact) mass is 224 g/mol. The zero-order chi connectivity index (χ0) is 10.8. The highest BCUT2D eigenvalue weighted by molar-refractivity contribution is 7.09. The van der Waals surface area contributed by atoms with Crippen LogP contribution in [0.25, 0.3) is 0 Å². The molecule has 2 heterocycles. The lowest BCUT2D eigenvalue weighted by atomic mass is 10.1. The summed E-state index contributed by atoms with van der Waals surface area (Å²) in [4.78, 5) is 11.9. The number of hydrogen-bond acceptors (Lipinski definition) is 5. The van der Waals surface area contributed by atoms with Gasteiger partial charge in [0.15, 0.2) is 5.96 Å². The molecule has 0 bridgehead atoms. The van der Waals surface area contributed by atoms with Gasteiger partial charge < -0.3 is 10.6 Å². The molecule has 15 heavy (non-hydrogen) atoms. The average Bonchev–Trinajstić information content (AvgIpc) is 2.85. The van der Waals surface area contributed by atoms with E-state index in [4.69, 9.17) is 5.73 Å². The smallest absolute Gasteiger partial charge is 0.192 e. The Balaban J connectivity index is 2.21. The molecule has 1 aromatic rings. The van der Waals surface area contributed by atoms with Gasteiger partial charge in [0.1, 0.15) is 0 Å². The minimum atomic E-state index is 0.299. The number of nitrogens with zero attached hydrogens (tertiary/aromatic N) is 3. The van der Waals surface area contributed by atoms with Crippen molar-refractivity contribution < 1.29 is 0 Å². The second-order valence-electron chi connectivity index (χ2n) is 3.78. The van der Waals surface area contributed by atoms with Crippen LogP contribution in [0.2, 0.25) is 0 Å². The van der Waals surface area contributed by atoms with E-state index in [1.165, 1.54) is 4.88 Å². The molecule has 2 unspecified atom stereocenters. The van der Waals surface area contributed by atoms with Gasteiger partial charge in [0, 0.05) is 17.1 Å². The molecule has 0 fully saturated rings. The molecule has 5 heteroatoms. The number of rotatable bonds is 3. The van der Waals surface area contributed by atoms with Crippen LogP contribution in [0.3, 0.4) is 0 Å². The van der Waals surface area contributed by atoms with Gasteiger partial charge in [-0.1, -0.05) is 6.92 Å². The zero-order valence-electron chi connectivity index (χ0n) is 9.05. The van der Waals surface area contributed by atoms with Gasteiger partial charge in [-0.15, -0.1) is 11.3 Å². The molecule has 1 aromatic heterocycles. The molecule has 1 aliphatic rings. The maximum atomic E-state index is 5.91. The molecular formula is C10H16N4S. The third-order valence-corrected chi connectivity index (χ3v) is 3.75. The fourth-order valence-corrected chi connectivity index (χ4v) is 2.57. The van der Waals surface area contributed by atoms with E-state index in [2.05, 4.69) is 28.7 Å². The highest BCUT2D eigenvalue weighted by Gasteiger charge is 2.31. The third kappa shape index (κ3) is 1.84. The Labute approximate surface area is 93.8 Å². The van der Waals surface area contributed by atoms with Gasteiger partial charge in [-0.05, 0) is 13.3 Å². The van der Waals surface area contributed by atoms with E-state index >= 15 is 0 Å². The summed E-state index contributed by atoms with van der Waals surface area (Å²) in [5.74, 6) is 0.669. The number of nitrogens with two attached hydrogens (primary N) is 1. The first kappa shape index (κ1) is 10.4. The Kier molecular flexibility index (Phi) is 2.90. The van der Waals surface area contributed by atoms with Crippen LogP contribution in [0, 0.1) is 0 Å². The van der Waals surface area contributed by atoms with Crippen molar-refractivity contribution in [1.82, 2.24) is 9.88 Å². The van der Waals surface area contributed by atoms with Crippen molar-refractivity contribution in [1.29, 1.82) is 0 Å². The Morgan fingerprint density at radius 1 is 1.73 bits per heavy atom. The summed E-state index contributed by atoms with van der Waals surface area (Å²) < 4.78 is 0. The Morgan fingerprint density at radius 2 is 2.53 bits per heavy atom. The minimum Gasteiger partial charge on any atom is -0.370 e. The molecule has 0 saturated heterocycles.